The van der Waals surface area contributed by atoms with Crippen LogP contribution < -0.4 is 5.32 Å². The molecule has 0 bridgehead atoms. The van der Waals surface area contributed by atoms with Gasteiger partial charge in [0.15, 0.2) is 0 Å². The van der Waals surface area contributed by atoms with Gasteiger partial charge in [0, 0.05) is 12.6 Å². The van der Waals surface area contributed by atoms with Crippen LogP contribution in [0.15, 0.2) is 35.9 Å². The smallest absolute Gasteiger partial charge is 0.331 e. The quantitative estimate of drug-likeness (QED) is 0.720. The molecule has 2 atom stereocenters. The minimum absolute atomic E-state index is 0.0469. The second kappa shape index (κ2) is 8.84. The van der Waals surface area contributed by atoms with Crippen LogP contribution in [0.4, 0.5) is 0 Å². The molecule has 2 rings (SSSR count). The lowest BCUT2D eigenvalue weighted by Gasteiger charge is -2.29. The van der Waals surface area contributed by atoms with Crippen molar-refractivity contribution in [2.24, 2.45) is 5.92 Å². The number of nitrogens with one attached hydrogen (secondary N) is 1. The Morgan fingerprint density at radius 1 is 1.30 bits per heavy atom. The van der Waals surface area contributed by atoms with Crippen molar-refractivity contribution in [1.29, 1.82) is 0 Å². The standard InChI is InChI=1S/C21H28N2O4/c1-13(2)18(11-14(3)21(26)27)23(4)19(24)12-22-20(25)17-10-9-15-7-5-6-8-16(15)17/h5-8,11,13,17-18H,9-10,12H2,1-4H3,(H,22,25)(H,26,27)/b14-11+/t17?,18-/m1/s1. The monoisotopic (exact) mass is 372 g/mol. The highest BCUT2D eigenvalue weighted by Crippen LogP contribution is 2.32. The van der Waals surface area contributed by atoms with Crippen LogP contribution in [0.1, 0.15) is 44.2 Å². The van der Waals surface area contributed by atoms with Crippen molar-refractivity contribution in [2.75, 3.05) is 13.6 Å². The Balaban J connectivity index is 1.99. The van der Waals surface area contributed by atoms with E-state index in [0.29, 0.717) is 0 Å². The van der Waals surface area contributed by atoms with Crippen LogP contribution in [0.25, 0.3) is 0 Å². The molecular formula is C21H28N2O4. The number of aliphatic carboxylic acids is 1. The van der Waals surface area contributed by atoms with Crippen molar-refractivity contribution in [3.63, 3.8) is 0 Å². The maximum atomic E-state index is 12.5. The summed E-state index contributed by atoms with van der Waals surface area (Å²) in [6.07, 6.45) is 3.21. The van der Waals surface area contributed by atoms with Crippen LogP contribution in [0.2, 0.25) is 0 Å². The Morgan fingerprint density at radius 3 is 2.59 bits per heavy atom. The van der Waals surface area contributed by atoms with E-state index in [1.54, 1.807) is 13.1 Å². The van der Waals surface area contributed by atoms with Crippen LogP contribution in [0, 0.1) is 5.92 Å². The number of nitrogens with zero attached hydrogens (tertiary/aromatic N) is 1. The third-order valence-corrected chi connectivity index (χ3v) is 5.14. The SMILES string of the molecule is C/C(=C\[C@H](C(C)C)N(C)C(=O)CNC(=O)C1CCc2ccccc21)C(=O)O. The Labute approximate surface area is 160 Å². The van der Waals surface area contributed by atoms with Gasteiger partial charge in [-0.2, -0.15) is 0 Å². The molecule has 27 heavy (non-hydrogen) atoms. The summed E-state index contributed by atoms with van der Waals surface area (Å²) in [4.78, 5) is 37.7. The van der Waals surface area contributed by atoms with Gasteiger partial charge < -0.3 is 15.3 Å². The van der Waals surface area contributed by atoms with E-state index in [2.05, 4.69) is 5.32 Å². The number of hydrogen-bond donors (Lipinski definition) is 2. The summed E-state index contributed by atoms with van der Waals surface area (Å²) < 4.78 is 0. The molecule has 2 amide bonds. The Kier molecular flexibility index (Phi) is 6.77. The lowest BCUT2D eigenvalue weighted by Crippen LogP contribution is -2.45. The fraction of sp³-hybridized carbons (Fsp3) is 0.476. The maximum absolute atomic E-state index is 12.5. The first-order valence-corrected chi connectivity index (χ1v) is 9.25. The molecule has 1 aromatic carbocycles. The first kappa shape index (κ1) is 20.7. The molecule has 146 valence electrons. The third-order valence-electron chi connectivity index (χ3n) is 5.14. The minimum Gasteiger partial charge on any atom is -0.478 e. The van der Waals surface area contributed by atoms with Crippen LogP contribution in [0.5, 0.6) is 0 Å². The maximum Gasteiger partial charge on any atom is 0.331 e. The summed E-state index contributed by atoms with van der Waals surface area (Å²) in [7, 11) is 1.63. The number of hydrogen-bond acceptors (Lipinski definition) is 3. The normalized spacial score (nSPS) is 17.4. The summed E-state index contributed by atoms with van der Waals surface area (Å²) in [5, 5.41) is 11.8. The minimum atomic E-state index is -1.00. The van der Waals surface area contributed by atoms with Crippen LogP contribution >= 0.6 is 0 Å². The first-order valence-electron chi connectivity index (χ1n) is 9.25. The van der Waals surface area contributed by atoms with Crippen LogP contribution in [0.3, 0.4) is 0 Å². The van der Waals surface area contributed by atoms with Gasteiger partial charge in [0.1, 0.15) is 0 Å². The Hall–Kier alpha value is -2.63. The zero-order chi connectivity index (χ0) is 20.1. The highest BCUT2D eigenvalue weighted by molar-refractivity contribution is 5.89. The van der Waals surface area contributed by atoms with Gasteiger partial charge in [0.05, 0.1) is 18.5 Å². The van der Waals surface area contributed by atoms with Gasteiger partial charge >= 0.3 is 5.97 Å². The molecule has 6 nitrogen and oxygen atoms in total. The number of carbonyl (C=O) groups excluding carboxylic acids is 2. The summed E-state index contributed by atoms with van der Waals surface area (Å²) >= 11 is 0. The molecule has 6 heteroatoms. The molecule has 2 N–H and O–H groups in total. The Morgan fingerprint density at radius 2 is 1.96 bits per heavy atom. The molecule has 0 heterocycles. The number of carbonyl (C=O) groups is 3. The molecule has 1 aliphatic carbocycles. The van der Waals surface area contributed by atoms with Gasteiger partial charge in [-0.3, -0.25) is 9.59 Å². The van der Waals surface area contributed by atoms with E-state index in [9.17, 15) is 14.4 Å². The van der Waals surface area contributed by atoms with Gasteiger partial charge in [-0.1, -0.05) is 44.2 Å². The van der Waals surface area contributed by atoms with Gasteiger partial charge in [0.25, 0.3) is 0 Å². The molecule has 1 aromatic rings. The highest BCUT2D eigenvalue weighted by atomic mass is 16.4. The number of carboxylic acids is 1. The average molecular weight is 372 g/mol. The predicted octanol–water partition coefficient (Wildman–Crippen LogP) is 2.35. The van der Waals surface area contributed by atoms with Gasteiger partial charge in [0.2, 0.25) is 11.8 Å². The van der Waals surface area contributed by atoms with Crippen LogP contribution in [-0.4, -0.2) is 47.4 Å². The number of likely N-dealkylation sites (N-methyl/N-ethyl adjacent to an activating group) is 1. The van der Waals surface area contributed by atoms with E-state index in [-0.39, 0.29) is 41.8 Å². The van der Waals surface area contributed by atoms with E-state index in [4.69, 9.17) is 5.11 Å². The fourth-order valence-corrected chi connectivity index (χ4v) is 3.49. The number of benzene rings is 1. The predicted molar refractivity (Wildman–Crippen MR) is 103 cm³/mol. The largest absolute Gasteiger partial charge is 0.478 e. The lowest BCUT2D eigenvalue weighted by atomic mass is 9.99. The summed E-state index contributed by atoms with van der Waals surface area (Å²) in [5.74, 6) is -1.56. The van der Waals surface area contributed by atoms with E-state index in [1.165, 1.54) is 17.4 Å². The molecule has 0 aromatic heterocycles. The lowest BCUT2D eigenvalue weighted by molar-refractivity contribution is -0.134. The number of aryl methyl sites for hydroxylation is 1. The zero-order valence-electron chi connectivity index (χ0n) is 16.4. The summed E-state index contributed by atoms with van der Waals surface area (Å²) in [6.45, 7) is 5.26. The molecular weight excluding hydrogens is 344 g/mol. The van der Waals surface area contributed by atoms with Crippen molar-refractivity contribution in [3.05, 3.63) is 47.0 Å². The second-order valence-corrected chi connectivity index (χ2v) is 7.40. The molecule has 0 spiro atoms. The molecule has 0 saturated heterocycles. The number of carboxylic acid groups (broad SMARTS) is 1. The molecule has 0 radical (unpaired) electrons. The van der Waals surface area contributed by atoms with Crippen molar-refractivity contribution in [2.45, 2.75) is 45.6 Å². The first-order chi connectivity index (χ1) is 12.7. The van der Waals surface area contributed by atoms with Gasteiger partial charge in [-0.05, 0) is 36.8 Å². The number of fused-ring (bicyclic) bond motifs is 1. The molecule has 0 saturated carbocycles. The van der Waals surface area contributed by atoms with E-state index in [0.717, 1.165) is 18.4 Å². The second-order valence-electron chi connectivity index (χ2n) is 7.40. The number of rotatable bonds is 7. The van der Waals surface area contributed by atoms with E-state index >= 15 is 0 Å². The van der Waals surface area contributed by atoms with Crippen molar-refractivity contribution >= 4 is 17.8 Å². The average Bonchev–Trinajstić information content (AvgIpc) is 3.06. The summed E-state index contributed by atoms with van der Waals surface area (Å²) in [6, 6.07) is 7.54. The Bertz CT molecular complexity index is 754. The van der Waals surface area contributed by atoms with E-state index < -0.39 is 5.97 Å². The molecule has 0 fully saturated rings. The zero-order valence-corrected chi connectivity index (χ0v) is 16.4. The fourth-order valence-electron chi connectivity index (χ4n) is 3.49. The van der Waals surface area contributed by atoms with Gasteiger partial charge in [-0.25, -0.2) is 4.79 Å². The van der Waals surface area contributed by atoms with Crippen LogP contribution in [-0.2, 0) is 20.8 Å². The van der Waals surface area contributed by atoms with E-state index in [1.807, 2.05) is 38.1 Å². The topological polar surface area (TPSA) is 86.7 Å². The summed E-state index contributed by atoms with van der Waals surface area (Å²) in [5.41, 5.74) is 2.42. The highest BCUT2D eigenvalue weighted by Gasteiger charge is 2.29. The van der Waals surface area contributed by atoms with Crippen molar-refractivity contribution < 1.29 is 19.5 Å². The molecule has 1 unspecified atom stereocenters. The van der Waals surface area contributed by atoms with Crippen molar-refractivity contribution in [1.82, 2.24) is 10.2 Å². The van der Waals surface area contributed by atoms with Gasteiger partial charge in [-0.15, -0.1) is 0 Å². The third kappa shape index (κ3) is 4.96. The molecule has 0 aliphatic heterocycles. The number of amides is 2. The molecule has 1 aliphatic rings. The van der Waals surface area contributed by atoms with Crippen molar-refractivity contribution in [3.8, 4) is 0 Å².